The normalized spacial score (nSPS) is 11.8. The topological polar surface area (TPSA) is 16.1 Å². The van der Waals surface area contributed by atoms with Crippen molar-refractivity contribution in [2.24, 2.45) is 5.92 Å². The van der Waals surface area contributed by atoms with Gasteiger partial charge in [0.15, 0.2) is 0 Å². The summed E-state index contributed by atoms with van der Waals surface area (Å²) in [4.78, 5) is 6.87. The lowest BCUT2D eigenvalue weighted by Crippen LogP contribution is -2.20. The molecule has 0 bridgehead atoms. The number of nitrogens with zero attached hydrogens (tertiary/aromatic N) is 2. The summed E-state index contributed by atoms with van der Waals surface area (Å²) >= 11 is 0. The highest BCUT2D eigenvalue weighted by Crippen LogP contribution is 2.13. The predicted octanol–water partition coefficient (Wildman–Crippen LogP) is 3.68. The van der Waals surface area contributed by atoms with Crippen LogP contribution in [-0.4, -0.2) is 23.5 Å². The van der Waals surface area contributed by atoms with Gasteiger partial charge in [0.05, 0.1) is 5.69 Å². The van der Waals surface area contributed by atoms with Gasteiger partial charge >= 0.3 is 0 Å². The van der Waals surface area contributed by atoms with E-state index in [0.29, 0.717) is 5.92 Å². The van der Waals surface area contributed by atoms with Crippen molar-refractivity contribution in [3.8, 4) is 0 Å². The first kappa shape index (κ1) is 14.2. The molecule has 0 atom stereocenters. The maximum absolute atomic E-state index is 4.53. The number of hydrogen-bond acceptors (Lipinski definition) is 2. The first-order chi connectivity index (χ1) is 7.99. The fraction of sp³-hybridized carbons (Fsp3) is 0.667. The van der Waals surface area contributed by atoms with Gasteiger partial charge in [-0.15, -0.1) is 0 Å². The zero-order valence-corrected chi connectivity index (χ0v) is 11.9. The molecular weight excluding hydrogens is 208 g/mol. The third-order valence-electron chi connectivity index (χ3n) is 3.03. The molecular formula is C15H26N2. The SMILES string of the molecule is CC(C)CCN(C)Cc1ccc(C(C)C)cn1. The lowest BCUT2D eigenvalue weighted by atomic mass is 10.1. The molecule has 96 valence electrons. The van der Waals surface area contributed by atoms with Gasteiger partial charge in [0.25, 0.3) is 0 Å². The molecule has 2 nitrogen and oxygen atoms in total. The van der Waals surface area contributed by atoms with Crippen LogP contribution in [0.3, 0.4) is 0 Å². The zero-order valence-electron chi connectivity index (χ0n) is 11.9. The second kappa shape index (κ2) is 6.75. The van der Waals surface area contributed by atoms with Crippen LogP contribution in [0.4, 0.5) is 0 Å². The first-order valence-corrected chi connectivity index (χ1v) is 6.62. The Morgan fingerprint density at radius 2 is 1.88 bits per heavy atom. The molecule has 0 spiro atoms. The van der Waals surface area contributed by atoms with Crippen molar-refractivity contribution in [3.63, 3.8) is 0 Å². The van der Waals surface area contributed by atoms with E-state index in [-0.39, 0.29) is 0 Å². The molecule has 0 amide bonds. The van der Waals surface area contributed by atoms with Gasteiger partial charge in [-0.05, 0) is 43.5 Å². The van der Waals surface area contributed by atoms with Crippen molar-refractivity contribution >= 4 is 0 Å². The smallest absolute Gasteiger partial charge is 0.0544 e. The van der Waals surface area contributed by atoms with Crippen LogP contribution < -0.4 is 0 Å². The van der Waals surface area contributed by atoms with Gasteiger partial charge in [-0.1, -0.05) is 33.8 Å². The molecule has 0 fully saturated rings. The van der Waals surface area contributed by atoms with E-state index in [4.69, 9.17) is 0 Å². The third kappa shape index (κ3) is 5.31. The monoisotopic (exact) mass is 234 g/mol. The summed E-state index contributed by atoms with van der Waals surface area (Å²) < 4.78 is 0. The van der Waals surface area contributed by atoms with Gasteiger partial charge in [0.2, 0.25) is 0 Å². The molecule has 2 heteroatoms. The van der Waals surface area contributed by atoms with Gasteiger partial charge in [-0.2, -0.15) is 0 Å². The number of pyridine rings is 1. The van der Waals surface area contributed by atoms with Crippen LogP contribution in [0.5, 0.6) is 0 Å². The average molecular weight is 234 g/mol. The minimum Gasteiger partial charge on any atom is -0.301 e. The lowest BCUT2D eigenvalue weighted by Gasteiger charge is -2.17. The highest BCUT2D eigenvalue weighted by Gasteiger charge is 2.04. The van der Waals surface area contributed by atoms with E-state index >= 15 is 0 Å². The van der Waals surface area contributed by atoms with Crippen LogP contribution in [0, 0.1) is 5.92 Å². The van der Waals surface area contributed by atoms with Crippen molar-refractivity contribution in [1.82, 2.24) is 9.88 Å². The van der Waals surface area contributed by atoms with E-state index in [1.807, 2.05) is 6.20 Å². The Morgan fingerprint density at radius 1 is 1.18 bits per heavy atom. The molecule has 0 saturated carbocycles. The van der Waals surface area contributed by atoms with Crippen LogP contribution in [0.25, 0.3) is 0 Å². The zero-order chi connectivity index (χ0) is 12.8. The van der Waals surface area contributed by atoms with E-state index in [1.165, 1.54) is 17.7 Å². The van der Waals surface area contributed by atoms with E-state index in [9.17, 15) is 0 Å². The quantitative estimate of drug-likeness (QED) is 0.746. The van der Waals surface area contributed by atoms with Crippen LogP contribution >= 0.6 is 0 Å². The molecule has 0 aromatic carbocycles. The largest absolute Gasteiger partial charge is 0.301 e. The second-order valence-corrected chi connectivity index (χ2v) is 5.66. The molecule has 0 aliphatic carbocycles. The Bertz CT molecular complexity index is 314. The van der Waals surface area contributed by atoms with Crippen LogP contribution in [0.1, 0.15) is 51.3 Å². The van der Waals surface area contributed by atoms with Crippen molar-refractivity contribution in [1.29, 1.82) is 0 Å². The van der Waals surface area contributed by atoms with Crippen molar-refractivity contribution in [2.45, 2.75) is 46.6 Å². The maximum Gasteiger partial charge on any atom is 0.0544 e. The molecule has 0 saturated heterocycles. The van der Waals surface area contributed by atoms with Gasteiger partial charge < -0.3 is 4.90 Å². The molecule has 1 heterocycles. The molecule has 0 radical (unpaired) electrons. The van der Waals surface area contributed by atoms with Gasteiger partial charge in [0, 0.05) is 12.7 Å². The van der Waals surface area contributed by atoms with Crippen molar-refractivity contribution < 1.29 is 0 Å². The summed E-state index contributed by atoms with van der Waals surface area (Å²) in [5.41, 5.74) is 2.49. The predicted molar refractivity (Wildman–Crippen MR) is 74.1 cm³/mol. The van der Waals surface area contributed by atoms with E-state index in [1.54, 1.807) is 0 Å². The Hall–Kier alpha value is -0.890. The Balaban J connectivity index is 2.45. The van der Waals surface area contributed by atoms with E-state index in [2.05, 4.69) is 56.8 Å². The minimum atomic E-state index is 0.565. The lowest BCUT2D eigenvalue weighted by molar-refractivity contribution is 0.300. The van der Waals surface area contributed by atoms with E-state index in [0.717, 1.165) is 19.0 Å². The summed E-state index contributed by atoms with van der Waals surface area (Å²) in [5, 5.41) is 0. The Morgan fingerprint density at radius 3 is 2.35 bits per heavy atom. The summed E-state index contributed by atoms with van der Waals surface area (Å²) in [7, 11) is 2.17. The summed E-state index contributed by atoms with van der Waals surface area (Å²) in [5.74, 6) is 1.34. The molecule has 0 aliphatic rings. The third-order valence-corrected chi connectivity index (χ3v) is 3.03. The summed E-state index contributed by atoms with van der Waals surface area (Å²) in [6.07, 6.45) is 3.26. The molecule has 0 N–H and O–H groups in total. The Labute approximate surface area is 106 Å². The fourth-order valence-electron chi connectivity index (χ4n) is 1.71. The number of hydrogen-bond donors (Lipinski definition) is 0. The van der Waals surface area contributed by atoms with Gasteiger partial charge in [-0.3, -0.25) is 4.98 Å². The summed E-state index contributed by atoms with van der Waals surface area (Å²) in [6.45, 7) is 11.0. The van der Waals surface area contributed by atoms with Crippen molar-refractivity contribution in [2.75, 3.05) is 13.6 Å². The Kier molecular flexibility index (Phi) is 5.63. The van der Waals surface area contributed by atoms with Crippen molar-refractivity contribution in [3.05, 3.63) is 29.6 Å². The number of aromatic nitrogens is 1. The highest BCUT2D eigenvalue weighted by molar-refractivity contribution is 5.16. The first-order valence-electron chi connectivity index (χ1n) is 6.62. The molecule has 1 rings (SSSR count). The van der Waals surface area contributed by atoms with Crippen LogP contribution in [-0.2, 0) is 6.54 Å². The fourth-order valence-corrected chi connectivity index (χ4v) is 1.71. The molecule has 0 unspecified atom stereocenters. The van der Waals surface area contributed by atoms with E-state index < -0.39 is 0 Å². The number of rotatable bonds is 6. The molecule has 1 aromatic heterocycles. The molecule has 1 aromatic rings. The standard InChI is InChI=1S/C15H26N2/c1-12(2)8-9-17(5)11-15-7-6-14(10-16-15)13(3)4/h6-7,10,12-13H,8-9,11H2,1-5H3. The summed E-state index contributed by atoms with van der Waals surface area (Å²) in [6, 6.07) is 4.35. The van der Waals surface area contributed by atoms with Crippen LogP contribution in [0.15, 0.2) is 18.3 Å². The second-order valence-electron chi connectivity index (χ2n) is 5.66. The molecule has 0 aliphatic heterocycles. The van der Waals surface area contributed by atoms with Gasteiger partial charge in [-0.25, -0.2) is 0 Å². The minimum absolute atomic E-state index is 0.565. The molecule has 17 heavy (non-hydrogen) atoms. The van der Waals surface area contributed by atoms with Gasteiger partial charge in [0.1, 0.15) is 0 Å². The highest BCUT2D eigenvalue weighted by atomic mass is 15.1. The maximum atomic E-state index is 4.53. The average Bonchev–Trinajstić information content (AvgIpc) is 2.27. The van der Waals surface area contributed by atoms with Crippen LogP contribution in [0.2, 0.25) is 0 Å².